The molecule has 1 N–H and O–H groups in total. The zero-order chi connectivity index (χ0) is 22.3. The summed E-state index contributed by atoms with van der Waals surface area (Å²) < 4.78 is 58.9. The van der Waals surface area contributed by atoms with Gasteiger partial charge >= 0.3 is 12.1 Å². The first-order valence-corrected chi connectivity index (χ1v) is 9.05. The lowest BCUT2D eigenvalue weighted by atomic mass is 10.1. The Hall–Kier alpha value is -2.94. The van der Waals surface area contributed by atoms with Gasteiger partial charge in [0.1, 0.15) is 12.4 Å². The van der Waals surface area contributed by atoms with Gasteiger partial charge in [-0.25, -0.2) is 9.18 Å². The maximum absolute atomic E-state index is 13.0. The zero-order valence-electron chi connectivity index (χ0n) is 16.3. The second-order valence-corrected chi connectivity index (χ2v) is 6.63. The Balaban J connectivity index is 1.85. The summed E-state index contributed by atoms with van der Waals surface area (Å²) >= 11 is 0. The van der Waals surface area contributed by atoms with Crippen LogP contribution in [-0.2, 0) is 20.9 Å². The molecular weight excluding hydrogens is 406 g/mol. The van der Waals surface area contributed by atoms with Crippen LogP contribution < -0.4 is 5.32 Å². The highest BCUT2D eigenvalue weighted by atomic mass is 19.4. The monoisotopic (exact) mass is 427 g/mol. The molecule has 0 saturated carbocycles. The van der Waals surface area contributed by atoms with Crippen LogP contribution in [0.5, 0.6) is 0 Å². The molecule has 0 aliphatic heterocycles. The normalized spacial score (nSPS) is 13.4. The van der Waals surface area contributed by atoms with Gasteiger partial charge in [-0.1, -0.05) is 24.3 Å². The molecule has 0 heterocycles. The van der Waals surface area contributed by atoms with Crippen LogP contribution in [-0.4, -0.2) is 30.8 Å². The fourth-order valence-electron chi connectivity index (χ4n) is 2.47. The number of halogens is 4. The number of hydrogen-bond acceptors (Lipinski definition) is 4. The molecule has 9 heteroatoms. The average molecular weight is 427 g/mol. The number of nitrogens with one attached hydrogen (secondary N) is 1. The molecule has 0 bridgehead atoms. The van der Waals surface area contributed by atoms with Gasteiger partial charge in [0, 0.05) is 0 Å². The van der Waals surface area contributed by atoms with Crippen LogP contribution in [0.2, 0.25) is 0 Å². The predicted molar refractivity (Wildman–Crippen MR) is 100.0 cm³/mol. The number of rotatable bonds is 8. The Kier molecular flexibility index (Phi) is 7.93. The molecule has 0 fully saturated rings. The summed E-state index contributed by atoms with van der Waals surface area (Å²) in [5.74, 6) is -1.68. The van der Waals surface area contributed by atoms with Crippen LogP contribution in [0.3, 0.4) is 0 Å². The largest absolute Gasteiger partial charge is 0.449 e. The summed E-state index contributed by atoms with van der Waals surface area (Å²) in [6.07, 6.45) is -5.50. The molecule has 0 aliphatic rings. The predicted octanol–water partition coefficient (Wildman–Crippen LogP) is 4.33. The highest BCUT2D eigenvalue weighted by molar-refractivity contribution is 5.92. The van der Waals surface area contributed by atoms with Crippen molar-refractivity contribution in [2.24, 2.45) is 0 Å². The van der Waals surface area contributed by atoms with E-state index in [1.165, 1.54) is 55.5 Å². The molecule has 1 amide bonds. The maximum atomic E-state index is 13.0. The summed E-state index contributed by atoms with van der Waals surface area (Å²) in [4.78, 5) is 24.4. The third kappa shape index (κ3) is 7.47. The van der Waals surface area contributed by atoms with Gasteiger partial charge < -0.3 is 14.8 Å². The van der Waals surface area contributed by atoms with Crippen LogP contribution in [0.15, 0.2) is 48.5 Å². The van der Waals surface area contributed by atoms with Crippen molar-refractivity contribution in [3.05, 3.63) is 71.0 Å². The van der Waals surface area contributed by atoms with E-state index in [4.69, 9.17) is 4.74 Å². The fraction of sp³-hybridized carbons (Fsp3) is 0.333. The first-order chi connectivity index (χ1) is 14.0. The molecule has 0 aliphatic carbocycles. The Morgan fingerprint density at radius 3 is 2.17 bits per heavy atom. The number of carbonyl (C=O) groups excluding carboxylic acids is 2. The lowest BCUT2D eigenvalue weighted by Gasteiger charge is -2.18. The quantitative estimate of drug-likeness (QED) is 0.503. The number of hydrogen-bond donors (Lipinski definition) is 1. The van der Waals surface area contributed by atoms with E-state index in [1.807, 2.05) is 0 Å². The molecule has 2 atom stereocenters. The van der Waals surface area contributed by atoms with Crippen molar-refractivity contribution in [3.63, 3.8) is 0 Å². The third-order valence-corrected chi connectivity index (χ3v) is 4.11. The standard InChI is InChI=1S/C21H21F4NO4/c1-13(16-7-9-18(22)10-8-16)26-19(27)14(2)30-20(28)17-5-3-15(4-6-17)11-29-12-21(23,24)25/h3-10,13-14H,11-12H2,1-2H3,(H,26,27). The number of benzene rings is 2. The van der Waals surface area contributed by atoms with Crippen molar-refractivity contribution < 1.29 is 36.6 Å². The van der Waals surface area contributed by atoms with Gasteiger partial charge in [-0.3, -0.25) is 4.79 Å². The summed E-state index contributed by atoms with van der Waals surface area (Å²) in [6.45, 7) is 1.50. The first kappa shape index (κ1) is 23.3. The van der Waals surface area contributed by atoms with Crippen molar-refractivity contribution in [2.45, 2.75) is 38.8 Å². The van der Waals surface area contributed by atoms with E-state index in [9.17, 15) is 27.2 Å². The van der Waals surface area contributed by atoms with Gasteiger partial charge in [-0.15, -0.1) is 0 Å². The second-order valence-electron chi connectivity index (χ2n) is 6.63. The molecule has 2 rings (SSSR count). The summed E-state index contributed by atoms with van der Waals surface area (Å²) in [5, 5.41) is 2.67. The topological polar surface area (TPSA) is 64.6 Å². The van der Waals surface area contributed by atoms with Gasteiger partial charge in [0.05, 0.1) is 18.2 Å². The molecule has 162 valence electrons. The minimum Gasteiger partial charge on any atom is -0.449 e. The number of amides is 1. The van der Waals surface area contributed by atoms with Gasteiger partial charge in [-0.05, 0) is 49.2 Å². The lowest BCUT2D eigenvalue weighted by molar-refractivity contribution is -0.176. The molecule has 2 unspecified atom stereocenters. The lowest BCUT2D eigenvalue weighted by Crippen LogP contribution is -2.37. The van der Waals surface area contributed by atoms with Crippen molar-refractivity contribution >= 4 is 11.9 Å². The summed E-state index contributed by atoms with van der Waals surface area (Å²) in [6, 6.07) is 10.8. The highest BCUT2D eigenvalue weighted by Gasteiger charge is 2.27. The number of ether oxygens (including phenoxy) is 2. The smallest absolute Gasteiger partial charge is 0.411 e. The minimum absolute atomic E-state index is 0.140. The van der Waals surface area contributed by atoms with E-state index in [-0.39, 0.29) is 12.2 Å². The first-order valence-electron chi connectivity index (χ1n) is 9.05. The molecule has 2 aromatic carbocycles. The van der Waals surface area contributed by atoms with Crippen molar-refractivity contribution in [2.75, 3.05) is 6.61 Å². The van der Waals surface area contributed by atoms with Gasteiger partial charge in [0.15, 0.2) is 6.10 Å². The van der Waals surface area contributed by atoms with Crippen molar-refractivity contribution in [3.8, 4) is 0 Å². The molecule has 5 nitrogen and oxygen atoms in total. The maximum Gasteiger partial charge on any atom is 0.411 e. The Morgan fingerprint density at radius 2 is 1.60 bits per heavy atom. The summed E-state index contributed by atoms with van der Waals surface area (Å²) in [7, 11) is 0. The van der Waals surface area contributed by atoms with Crippen LogP contribution >= 0.6 is 0 Å². The fourth-order valence-corrected chi connectivity index (χ4v) is 2.47. The molecular formula is C21H21F4NO4. The molecule has 30 heavy (non-hydrogen) atoms. The SMILES string of the molecule is CC(OC(=O)c1ccc(COCC(F)(F)F)cc1)C(=O)NC(C)c1ccc(F)cc1. The van der Waals surface area contributed by atoms with Crippen molar-refractivity contribution in [1.82, 2.24) is 5.32 Å². The van der Waals surface area contributed by atoms with E-state index in [0.717, 1.165) is 0 Å². The van der Waals surface area contributed by atoms with Crippen LogP contribution in [0.4, 0.5) is 17.6 Å². The molecule has 0 spiro atoms. The zero-order valence-corrected chi connectivity index (χ0v) is 16.3. The Labute approximate surface area is 171 Å². The van der Waals surface area contributed by atoms with E-state index in [0.29, 0.717) is 11.1 Å². The van der Waals surface area contributed by atoms with Gasteiger partial charge in [0.25, 0.3) is 5.91 Å². The minimum atomic E-state index is -4.41. The van der Waals surface area contributed by atoms with Crippen LogP contribution in [0.25, 0.3) is 0 Å². The average Bonchev–Trinajstić information content (AvgIpc) is 2.67. The number of esters is 1. The molecule has 2 aromatic rings. The van der Waals surface area contributed by atoms with E-state index >= 15 is 0 Å². The number of alkyl halides is 3. The molecule has 0 saturated heterocycles. The highest BCUT2D eigenvalue weighted by Crippen LogP contribution is 2.16. The Morgan fingerprint density at radius 1 is 1.00 bits per heavy atom. The number of carbonyl (C=O) groups is 2. The van der Waals surface area contributed by atoms with Crippen molar-refractivity contribution in [1.29, 1.82) is 0 Å². The van der Waals surface area contributed by atoms with Gasteiger partial charge in [-0.2, -0.15) is 13.2 Å². The van der Waals surface area contributed by atoms with Crippen LogP contribution in [0, 0.1) is 5.82 Å². The van der Waals surface area contributed by atoms with E-state index in [2.05, 4.69) is 10.1 Å². The van der Waals surface area contributed by atoms with E-state index < -0.39 is 42.6 Å². The summed E-state index contributed by atoms with van der Waals surface area (Å²) in [5.41, 5.74) is 1.28. The van der Waals surface area contributed by atoms with Crippen LogP contribution in [0.1, 0.15) is 41.4 Å². The molecule has 0 radical (unpaired) electrons. The second kappa shape index (κ2) is 10.2. The third-order valence-electron chi connectivity index (χ3n) is 4.11. The Bertz CT molecular complexity index is 851. The molecule has 0 aromatic heterocycles. The van der Waals surface area contributed by atoms with E-state index in [1.54, 1.807) is 6.92 Å². The van der Waals surface area contributed by atoms with Gasteiger partial charge in [0.2, 0.25) is 0 Å².